The molecular weight excluding hydrogens is 260 g/mol. The second-order valence-electron chi connectivity index (χ2n) is 3.57. The van der Waals surface area contributed by atoms with Gasteiger partial charge in [0, 0.05) is 12.7 Å². The molecule has 1 aromatic heterocycles. The van der Waals surface area contributed by atoms with Crippen LogP contribution in [0.2, 0.25) is 0 Å². The molecular formula is C9H13BrN4O. The molecule has 0 amide bonds. The zero-order chi connectivity index (χ0) is 10.8. The Balaban J connectivity index is 2.31. The van der Waals surface area contributed by atoms with E-state index in [0.717, 1.165) is 29.7 Å². The highest BCUT2D eigenvalue weighted by Crippen LogP contribution is 2.29. The number of aliphatic hydroxyl groups excluding tert-OH is 1. The number of hydrogen-bond acceptors (Lipinski definition) is 5. The van der Waals surface area contributed by atoms with Crippen molar-refractivity contribution in [1.29, 1.82) is 0 Å². The first-order valence-electron chi connectivity index (χ1n) is 4.88. The fourth-order valence-electron chi connectivity index (χ4n) is 1.88. The molecule has 1 aliphatic heterocycles. The number of halogens is 1. The number of anilines is 2. The molecule has 3 N–H and O–H groups in total. The van der Waals surface area contributed by atoms with Crippen molar-refractivity contribution in [3.05, 3.63) is 10.7 Å². The summed E-state index contributed by atoms with van der Waals surface area (Å²) in [4.78, 5) is 10.2. The molecule has 6 heteroatoms. The molecule has 2 heterocycles. The quantitative estimate of drug-likeness (QED) is 0.833. The van der Waals surface area contributed by atoms with E-state index in [2.05, 4.69) is 30.8 Å². The molecule has 0 aromatic carbocycles. The Hall–Kier alpha value is -0.880. The van der Waals surface area contributed by atoms with Crippen LogP contribution in [0.1, 0.15) is 12.8 Å². The predicted octanol–water partition coefficient (Wildman–Crippen LogP) is 0.782. The molecule has 2 rings (SSSR count). The Morgan fingerprint density at radius 2 is 2.47 bits per heavy atom. The number of rotatable bonds is 2. The normalized spacial score (nSPS) is 20.9. The molecule has 82 valence electrons. The lowest BCUT2D eigenvalue weighted by atomic mass is 10.2. The van der Waals surface area contributed by atoms with Gasteiger partial charge in [-0.3, -0.25) is 0 Å². The fraction of sp³-hybridized carbons (Fsp3) is 0.556. The van der Waals surface area contributed by atoms with Crippen LogP contribution in [0, 0.1) is 0 Å². The SMILES string of the molecule is Nc1ncc(Br)c(N2CCCC2CO)n1. The first-order valence-corrected chi connectivity index (χ1v) is 5.67. The van der Waals surface area contributed by atoms with Crippen LogP contribution in [0.5, 0.6) is 0 Å². The van der Waals surface area contributed by atoms with Crippen LogP contribution in [0.3, 0.4) is 0 Å². The molecule has 5 nitrogen and oxygen atoms in total. The van der Waals surface area contributed by atoms with Gasteiger partial charge < -0.3 is 15.7 Å². The van der Waals surface area contributed by atoms with E-state index >= 15 is 0 Å². The molecule has 0 saturated carbocycles. The van der Waals surface area contributed by atoms with Gasteiger partial charge in [0.1, 0.15) is 5.82 Å². The third kappa shape index (κ3) is 2.05. The van der Waals surface area contributed by atoms with Crippen LogP contribution in [0.25, 0.3) is 0 Å². The summed E-state index contributed by atoms with van der Waals surface area (Å²) >= 11 is 3.39. The van der Waals surface area contributed by atoms with Gasteiger partial charge in [-0.15, -0.1) is 0 Å². The maximum Gasteiger partial charge on any atom is 0.222 e. The van der Waals surface area contributed by atoms with E-state index < -0.39 is 0 Å². The average Bonchev–Trinajstić information content (AvgIpc) is 2.69. The molecule has 1 fully saturated rings. The van der Waals surface area contributed by atoms with Crippen LogP contribution in [-0.2, 0) is 0 Å². The van der Waals surface area contributed by atoms with E-state index in [0.29, 0.717) is 0 Å². The van der Waals surface area contributed by atoms with Crippen molar-refractivity contribution >= 4 is 27.7 Å². The summed E-state index contributed by atoms with van der Waals surface area (Å²) in [7, 11) is 0. The first-order chi connectivity index (χ1) is 7.22. The summed E-state index contributed by atoms with van der Waals surface area (Å²) in [6.07, 6.45) is 3.71. The number of aliphatic hydroxyl groups is 1. The minimum atomic E-state index is 0.149. The van der Waals surface area contributed by atoms with Crippen molar-refractivity contribution < 1.29 is 5.11 Å². The lowest BCUT2D eigenvalue weighted by molar-refractivity contribution is 0.266. The standard InChI is InChI=1S/C9H13BrN4O/c10-7-4-12-9(11)13-8(7)14-3-1-2-6(14)5-15/h4,6,15H,1-3,5H2,(H2,11,12,13). The van der Waals surface area contributed by atoms with Gasteiger partial charge in [0.2, 0.25) is 5.95 Å². The van der Waals surface area contributed by atoms with E-state index in [1.54, 1.807) is 6.20 Å². The molecule has 0 radical (unpaired) electrons. The first kappa shape index (κ1) is 10.6. The van der Waals surface area contributed by atoms with Crippen molar-refractivity contribution in [3.63, 3.8) is 0 Å². The van der Waals surface area contributed by atoms with Gasteiger partial charge in [0.25, 0.3) is 0 Å². The van der Waals surface area contributed by atoms with Gasteiger partial charge in [-0.05, 0) is 28.8 Å². The van der Waals surface area contributed by atoms with Crippen molar-refractivity contribution in [2.45, 2.75) is 18.9 Å². The highest BCUT2D eigenvalue weighted by molar-refractivity contribution is 9.10. The Kier molecular flexibility index (Phi) is 3.06. The molecule has 1 saturated heterocycles. The van der Waals surface area contributed by atoms with Crippen molar-refractivity contribution in [2.24, 2.45) is 0 Å². The van der Waals surface area contributed by atoms with Crippen molar-refractivity contribution in [3.8, 4) is 0 Å². The van der Waals surface area contributed by atoms with E-state index in [4.69, 9.17) is 5.73 Å². The molecule has 15 heavy (non-hydrogen) atoms. The zero-order valence-electron chi connectivity index (χ0n) is 8.23. The molecule has 0 aliphatic carbocycles. The summed E-state index contributed by atoms with van der Waals surface area (Å²) in [6.45, 7) is 1.05. The van der Waals surface area contributed by atoms with Crippen LogP contribution in [-0.4, -0.2) is 34.3 Å². The largest absolute Gasteiger partial charge is 0.394 e. The van der Waals surface area contributed by atoms with Crippen LogP contribution < -0.4 is 10.6 Å². The second kappa shape index (κ2) is 4.32. The summed E-state index contributed by atoms with van der Waals surface area (Å²) in [5, 5.41) is 9.23. The Labute approximate surface area is 96.5 Å². The number of aromatic nitrogens is 2. The third-order valence-corrected chi connectivity index (χ3v) is 3.16. The summed E-state index contributed by atoms with van der Waals surface area (Å²) in [5.41, 5.74) is 5.55. The average molecular weight is 273 g/mol. The van der Waals surface area contributed by atoms with E-state index in [9.17, 15) is 5.11 Å². The lowest BCUT2D eigenvalue weighted by Crippen LogP contribution is -2.33. The molecule has 1 aromatic rings. The predicted molar refractivity (Wildman–Crippen MR) is 61.6 cm³/mol. The van der Waals surface area contributed by atoms with E-state index in [-0.39, 0.29) is 18.6 Å². The lowest BCUT2D eigenvalue weighted by Gasteiger charge is -2.24. The van der Waals surface area contributed by atoms with Crippen molar-refractivity contribution in [1.82, 2.24) is 9.97 Å². The maximum atomic E-state index is 9.23. The molecule has 0 bridgehead atoms. The highest BCUT2D eigenvalue weighted by atomic mass is 79.9. The third-order valence-electron chi connectivity index (χ3n) is 2.60. The molecule has 0 spiro atoms. The fourth-order valence-corrected chi connectivity index (χ4v) is 2.30. The van der Waals surface area contributed by atoms with Gasteiger partial charge in [0.05, 0.1) is 17.1 Å². The van der Waals surface area contributed by atoms with Gasteiger partial charge >= 0.3 is 0 Å². The molecule has 1 unspecified atom stereocenters. The van der Waals surface area contributed by atoms with E-state index in [1.807, 2.05) is 0 Å². The zero-order valence-corrected chi connectivity index (χ0v) is 9.81. The maximum absolute atomic E-state index is 9.23. The van der Waals surface area contributed by atoms with Gasteiger partial charge in [-0.25, -0.2) is 4.98 Å². The van der Waals surface area contributed by atoms with Gasteiger partial charge in [0.15, 0.2) is 0 Å². The number of hydrogen-bond donors (Lipinski definition) is 2. The van der Waals surface area contributed by atoms with E-state index in [1.165, 1.54) is 0 Å². The highest BCUT2D eigenvalue weighted by Gasteiger charge is 2.26. The Bertz CT molecular complexity index is 360. The van der Waals surface area contributed by atoms with Gasteiger partial charge in [-0.2, -0.15) is 4.98 Å². The van der Waals surface area contributed by atoms with Crippen LogP contribution in [0.4, 0.5) is 11.8 Å². The monoisotopic (exact) mass is 272 g/mol. The van der Waals surface area contributed by atoms with Crippen LogP contribution >= 0.6 is 15.9 Å². The van der Waals surface area contributed by atoms with Crippen LogP contribution in [0.15, 0.2) is 10.7 Å². The number of nitrogens with two attached hydrogens (primary N) is 1. The smallest absolute Gasteiger partial charge is 0.222 e. The Morgan fingerprint density at radius 3 is 3.20 bits per heavy atom. The minimum Gasteiger partial charge on any atom is -0.394 e. The summed E-state index contributed by atoms with van der Waals surface area (Å²) < 4.78 is 0.817. The Morgan fingerprint density at radius 1 is 1.67 bits per heavy atom. The second-order valence-corrected chi connectivity index (χ2v) is 4.43. The minimum absolute atomic E-state index is 0.149. The summed E-state index contributed by atoms with van der Waals surface area (Å²) in [6, 6.07) is 0.149. The molecule has 1 atom stereocenters. The number of nitrogen functional groups attached to an aromatic ring is 1. The van der Waals surface area contributed by atoms with Gasteiger partial charge in [-0.1, -0.05) is 0 Å². The van der Waals surface area contributed by atoms with Crippen molar-refractivity contribution in [2.75, 3.05) is 23.8 Å². The molecule has 1 aliphatic rings. The summed E-state index contributed by atoms with van der Waals surface area (Å²) in [5.74, 6) is 1.04. The number of nitrogens with zero attached hydrogens (tertiary/aromatic N) is 3. The topological polar surface area (TPSA) is 75.3 Å².